The summed E-state index contributed by atoms with van der Waals surface area (Å²) in [6.07, 6.45) is 9.20. The summed E-state index contributed by atoms with van der Waals surface area (Å²) in [5, 5.41) is 7.08. The molecule has 6 heterocycles. The summed E-state index contributed by atoms with van der Waals surface area (Å²) in [5.41, 5.74) is 6.81. The molecule has 4 N–H and O–H groups in total. The molecule has 8 nitrogen and oxygen atoms in total. The van der Waals surface area contributed by atoms with E-state index in [1.807, 2.05) is 4.90 Å². The first-order valence-electron chi connectivity index (χ1n) is 17.6. The fourth-order valence-corrected chi connectivity index (χ4v) is 8.62. The van der Waals surface area contributed by atoms with Gasteiger partial charge in [0.2, 0.25) is 0 Å². The monoisotopic (exact) mass is 636 g/mol. The minimum absolute atomic E-state index is 0.0592. The van der Waals surface area contributed by atoms with Gasteiger partial charge in [0, 0.05) is 18.8 Å². The molecular formula is C37H42F2N8. The molecule has 2 aromatic heterocycles. The number of aromatic amines is 2. The zero-order valence-corrected chi connectivity index (χ0v) is 26.7. The van der Waals surface area contributed by atoms with Crippen LogP contribution in [0.15, 0.2) is 48.5 Å². The average molecular weight is 637 g/mol. The van der Waals surface area contributed by atoms with E-state index in [1.165, 1.54) is 0 Å². The van der Waals surface area contributed by atoms with Crippen LogP contribution in [0.25, 0.3) is 22.1 Å². The zero-order valence-electron chi connectivity index (χ0n) is 26.7. The number of nitrogens with one attached hydrogen (secondary N) is 4. The second kappa shape index (κ2) is 11.9. The third-order valence-electron chi connectivity index (χ3n) is 11.0. The number of rotatable bonds is 6. The van der Waals surface area contributed by atoms with Gasteiger partial charge in [-0.3, -0.25) is 0 Å². The van der Waals surface area contributed by atoms with Crippen molar-refractivity contribution in [2.75, 3.05) is 36.0 Å². The van der Waals surface area contributed by atoms with Gasteiger partial charge >= 0.3 is 0 Å². The highest BCUT2D eigenvalue weighted by atomic mass is 19.1. The summed E-state index contributed by atoms with van der Waals surface area (Å²) in [5.74, 6) is 0.991. The first-order valence-corrected chi connectivity index (χ1v) is 17.6. The molecule has 5 aromatic rings. The maximum Gasteiger partial charge on any atom is 0.151 e. The lowest BCUT2D eigenvalue weighted by Crippen LogP contribution is -2.31. The van der Waals surface area contributed by atoms with Crippen LogP contribution in [0.4, 0.5) is 20.2 Å². The van der Waals surface area contributed by atoms with Gasteiger partial charge in [0.25, 0.3) is 0 Å². The highest BCUT2D eigenvalue weighted by Gasteiger charge is 2.37. The molecule has 47 heavy (non-hydrogen) atoms. The first-order chi connectivity index (χ1) is 23.1. The molecule has 3 aromatic carbocycles. The van der Waals surface area contributed by atoms with Crippen molar-refractivity contribution < 1.29 is 8.78 Å². The Morgan fingerprint density at radius 1 is 0.617 bits per heavy atom. The molecule has 0 bridgehead atoms. The van der Waals surface area contributed by atoms with Crippen LogP contribution in [0.2, 0.25) is 0 Å². The van der Waals surface area contributed by atoms with Crippen molar-refractivity contribution in [2.24, 2.45) is 0 Å². The summed E-state index contributed by atoms with van der Waals surface area (Å²) in [6.45, 7) is 3.40. The molecule has 244 valence electrons. The van der Waals surface area contributed by atoms with E-state index < -0.39 is 11.6 Å². The minimum atomic E-state index is -0.484. The van der Waals surface area contributed by atoms with Gasteiger partial charge in [-0.15, -0.1) is 0 Å². The molecule has 0 aliphatic carbocycles. The van der Waals surface area contributed by atoms with Crippen molar-refractivity contribution in [1.82, 2.24) is 30.6 Å². The summed E-state index contributed by atoms with van der Waals surface area (Å²) in [4.78, 5) is 21.1. The largest absolute Gasteiger partial charge is 0.367 e. The molecule has 4 saturated heterocycles. The summed E-state index contributed by atoms with van der Waals surface area (Å²) < 4.78 is 32.0. The Morgan fingerprint density at radius 3 is 1.64 bits per heavy atom. The molecule has 4 aliphatic rings. The van der Waals surface area contributed by atoms with Crippen LogP contribution >= 0.6 is 0 Å². The van der Waals surface area contributed by atoms with Gasteiger partial charge in [0.1, 0.15) is 17.3 Å². The third kappa shape index (κ3) is 5.26. The van der Waals surface area contributed by atoms with E-state index in [2.05, 4.69) is 61.9 Å². The van der Waals surface area contributed by atoms with Gasteiger partial charge < -0.3 is 30.4 Å². The molecule has 4 atom stereocenters. The van der Waals surface area contributed by atoms with Gasteiger partial charge in [0.05, 0.1) is 46.2 Å². The highest BCUT2D eigenvalue weighted by molar-refractivity contribution is 5.78. The van der Waals surface area contributed by atoms with Crippen LogP contribution in [0, 0.1) is 11.6 Å². The number of piperidine rings is 1. The minimum Gasteiger partial charge on any atom is -0.367 e. The number of hydrogen-bond donors (Lipinski definition) is 4. The Labute approximate surface area is 273 Å². The van der Waals surface area contributed by atoms with Crippen molar-refractivity contribution in [2.45, 2.75) is 82.0 Å². The number of imidazole rings is 2. The predicted octanol–water partition coefficient (Wildman–Crippen LogP) is 7.64. The number of benzene rings is 3. The fraction of sp³-hybridized carbons (Fsp3) is 0.459. The van der Waals surface area contributed by atoms with Crippen molar-refractivity contribution in [3.05, 3.63) is 82.9 Å². The number of halogens is 2. The van der Waals surface area contributed by atoms with Gasteiger partial charge in [0.15, 0.2) is 11.6 Å². The van der Waals surface area contributed by atoms with Crippen LogP contribution < -0.4 is 20.4 Å². The quantitative estimate of drug-likeness (QED) is 0.153. The topological polar surface area (TPSA) is 87.9 Å². The SMILES string of the molecule is Fc1cc(N2[C@@H](c3ccc4nc([C@@H]5CCCN5)[nH]c4c3)CC[C@@H]2c2ccc3nc([C@@H]4CCCN4)[nH]c3c2)cc(F)c1N1CCCCC1. The van der Waals surface area contributed by atoms with E-state index in [0.717, 1.165) is 116 Å². The maximum absolute atomic E-state index is 16.0. The van der Waals surface area contributed by atoms with Crippen LogP contribution in [-0.2, 0) is 0 Å². The number of anilines is 2. The van der Waals surface area contributed by atoms with Crippen molar-refractivity contribution in [1.29, 1.82) is 0 Å². The van der Waals surface area contributed by atoms with Crippen molar-refractivity contribution in [3.8, 4) is 0 Å². The molecule has 0 spiro atoms. The lowest BCUT2D eigenvalue weighted by Gasteiger charge is -2.35. The second-order valence-electron chi connectivity index (χ2n) is 13.9. The Morgan fingerprint density at radius 2 is 1.15 bits per heavy atom. The molecule has 10 heteroatoms. The average Bonchev–Trinajstić information content (AvgIpc) is 3.93. The summed E-state index contributed by atoms with van der Waals surface area (Å²) in [7, 11) is 0. The number of hydrogen-bond acceptors (Lipinski definition) is 6. The van der Waals surface area contributed by atoms with Crippen LogP contribution in [0.5, 0.6) is 0 Å². The van der Waals surface area contributed by atoms with Crippen molar-refractivity contribution >= 4 is 33.4 Å². The van der Waals surface area contributed by atoms with E-state index in [4.69, 9.17) is 9.97 Å². The lowest BCUT2D eigenvalue weighted by atomic mass is 10.0. The van der Waals surface area contributed by atoms with Gasteiger partial charge in [-0.1, -0.05) is 12.1 Å². The zero-order chi connectivity index (χ0) is 31.5. The molecular weight excluding hydrogens is 594 g/mol. The molecule has 4 aliphatic heterocycles. The van der Waals surface area contributed by atoms with Crippen LogP contribution in [-0.4, -0.2) is 46.1 Å². The molecule has 0 amide bonds. The van der Waals surface area contributed by atoms with E-state index >= 15 is 8.78 Å². The van der Waals surface area contributed by atoms with E-state index in [0.29, 0.717) is 18.8 Å². The van der Waals surface area contributed by atoms with E-state index in [9.17, 15) is 0 Å². The normalized spacial score (nSPS) is 25.1. The van der Waals surface area contributed by atoms with E-state index in [1.54, 1.807) is 12.1 Å². The second-order valence-corrected chi connectivity index (χ2v) is 13.9. The maximum atomic E-state index is 16.0. The third-order valence-corrected chi connectivity index (χ3v) is 11.0. The van der Waals surface area contributed by atoms with E-state index in [-0.39, 0.29) is 29.9 Å². The number of H-pyrrole nitrogens is 2. The Hall–Kier alpha value is -4.02. The summed E-state index contributed by atoms with van der Waals surface area (Å²) in [6, 6.07) is 16.4. The Bertz CT molecular complexity index is 1790. The predicted molar refractivity (Wildman–Crippen MR) is 182 cm³/mol. The van der Waals surface area contributed by atoms with Gasteiger partial charge in [-0.25, -0.2) is 18.7 Å². The number of fused-ring (bicyclic) bond motifs is 2. The smallest absolute Gasteiger partial charge is 0.151 e. The Kier molecular flexibility index (Phi) is 7.38. The summed E-state index contributed by atoms with van der Waals surface area (Å²) >= 11 is 0. The van der Waals surface area contributed by atoms with Gasteiger partial charge in [-0.05, 0) is 118 Å². The van der Waals surface area contributed by atoms with Gasteiger partial charge in [-0.2, -0.15) is 0 Å². The highest BCUT2D eigenvalue weighted by Crippen LogP contribution is 2.48. The fourth-order valence-electron chi connectivity index (χ4n) is 8.62. The molecule has 4 fully saturated rings. The molecule has 0 saturated carbocycles. The lowest BCUT2D eigenvalue weighted by molar-refractivity contribution is 0.529. The molecule has 0 unspecified atom stereocenters. The van der Waals surface area contributed by atoms with Crippen LogP contribution in [0.1, 0.15) is 105 Å². The first kappa shape index (κ1) is 29.1. The standard InChI is InChI=1S/C37H42F2N8/c38-25-20-24(21-26(39)35(25)46-16-2-1-3-17-46)47-33(22-8-10-27-31(18-22)44-36(42-27)29-6-4-14-40-29)12-13-34(47)23-9-11-28-32(19-23)45-37(43-28)30-7-5-15-41-30/h8-11,18-21,29-30,33-34,40-41H,1-7,12-17H2,(H,42,44)(H,43,45)/t29-,30-,33+,34+/m0/s1. The number of aromatic nitrogens is 4. The van der Waals surface area contributed by atoms with Crippen molar-refractivity contribution in [3.63, 3.8) is 0 Å². The number of nitrogens with zero attached hydrogens (tertiary/aromatic N) is 4. The molecule has 0 radical (unpaired) electrons. The molecule has 9 rings (SSSR count). The van der Waals surface area contributed by atoms with Crippen LogP contribution in [0.3, 0.4) is 0 Å². The Balaban J connectivity index is 1.11.